The van der Waals surface area contributed by atoms with Crippen LogP contribution in [0.1, 0.15) is 11.1 Å². The van der Waals surface area contributed by atoms with Crippen molar-refractivity contribution in [1.29, 1.82) is 0 Å². The second kappa shape index (κ2) is 3.02. The second-order valence-electron chi connectivity index (χ2n) is 3.31. The van der Waals surface area contributed by atoms with Crippen molar-refractivity contribution in [3.05, 3.63) is 29.3 Å². The molecule has 0 saturated heterocycles. The number of fused-ring (bicyclic) bond motifs is 3. The van der Waals surface area contributed by atoms with E-state index in [4.69, 9.17) is 14.2 Å². The Balaban J connectivity index is 2.17. The van der Waals surface area contributed by atoms with E-state index in [1.54, 1.807) is 6.08 Å². The molecule has 1 aromatic rings. The normalized spacial score (nSPS) is 16.9. The first-order chi connectivity index (χ1) is 7.34. The zero-order chi connectivity index (χ0) is 10.3. The van der Waals surface area contributed by atoms with Crippen LogP contribution in [0.25, 0.3) is 6.08 Å². The minimum atomic E-state index is -0.334. The Labute approximate surface area is 86.1 Å². The maximum atomic E-state index is 11.1. The third-order valence-corrected chi connectivity index (χ3v) is 2.42. The molecule has 0 unspecified atom stereocenters. The van der Waals surface area contributed by atoms with E-state index in [2.05, 4.69) is 0 Å². The van der Waals surface area contributed by atoms with Gasteiger partial charge in [0.2, 0.25) is 6.79 Å². The van der Waals surface area contributed by atoms with Crippen molar-refractivity contribution in [2.24, 2.45) is 0 Å². The maximum absolute atomic E-state index is 11.1. The summed E-state index contributed by atoms with van der Waals surface area (Å²) in [6, 6.07) is 3.71. The summed E-state index contributed by atoms with van der Waals surface area (Å²) in [6.45, 7) is 0.506. The number of ether oxygens (including phenoxy) is 3. The molecular formula is C11H8O4. The Morgan fingerprint density at radius 3 is 2.93 bits per heavy atom. The Kier molecular flexibility index (Phi) is 1.68. The lowest BCUT2D eigenvalue weighted by molar-refractivity contribution is -0.138. The highest BCUT2D eigenvalue weighted by Crippen LogP contribution is 2.39. The van der Waals surface area contributed by atoms with Gasteiger partial charge >= 0.3 is 5.97 Å². The van der Waals surface area contributed by atoms with Crippen LogP contribution in [0.2, 0.25) is 0 Å². The van der Waals surface area contributed by atoms with Gasteiger partial charge in [-0.25, -0.2) is 4.79 Å². The van der Waals surface area contributed by atoms with Crippen LogP contribution in [-0.4, -0.2) is 12.8 Å². The molecule has 0 bridgehead atoms. The monoisotopic (exact) mass is 204 g/mol. The molecule has 0 spiro atoms. The van der Waals surface area contributed by atoms with E-state index in [9.17, 15) is 4.79 Å². The highest BCUT2D eigenvalue weighted by molar-refractivity contribution is 5.89. The van der Waals surface area contributed by atoms with E-state index in [0.717, 1.165) is 11.1 Å². The highest BCUT2D eigenvalue weighted by atomic mass is 16.7. The van der Waals surface area contributed by atoms with Gasteiger partial charge in [-0.3, -0.25) is 0 Å². The molecule has 15 heavy (non-hydrogen) atoms. The predicted molar refractivity (Wildman–Crippen MR) is 51.4 cm³/mol. The minimum Gasteiger partial charge on any atom is -0.458 e. The zero-order valence-electron chi connectivity index (χ0n) is 7.86. The topological polar surface area (TPSA) is 44.8 Å². The number of hydrogen-bond donors (Lipinski definition) is 0. The smallest absolute Gasteiger partial charge is 0.331 e. The summed E-state index contributed by atoms with van der Waals surface area (Å²) in [5, 5.41) is 0. The molecule has 0 aromatic heterocycles. The molecule has 0 amide bonds. The number of esters is 1. The number of benzene rings is 1. The van der Waals surface area contributed by atoms with Gasteiger partial charge in [0.15, 0.2) is 11.5 Å². The highest BCUT2D eigenvalue weighted by Gasteiger charge is 2.21. The predicted octanol–water partition coefficient (Wildman–Crippen LogP) is 1.49. The van der Waals surface area contributed by atoms with Crippen molar-refractivity contribution in [2.75, 3.05) is 6.79 Å². The first-order valence-corrected chi connectivity index (χ1v) is 4.61. The Morgan fingerprint density at radius 1 is 1.07 bits per heavy atom. The molecule has 4 heteroatoms. The van der Waals surface area contributed by atoms with Gasteiger partial charge in [-0.2, -0.15) is 0 Å². The first-order valence-electron chi connectivity index (χ1n) is 4.61. The molecule has 3 rings (SSSR count). The lowest BCUT2D eigenvalue weighted by atomic mass is 10.1. The van der Waals surface area contributed by atoms with Crippen molar-refractivity contribution >= 4 is 12.0 Å². The Bertz CT molecular complexity index is 462. The van der Waals surface area contributed by atoms with Crippen LogP contribution in [0.5, 0.6) is 11.5 Å². The number of rotatable bonds is 0. The molecule has 76 valence electrons. The van der Waals surface area contributed by atoms with Crippen LogP contribution in [0.15, 0.2) is 18.2 Å². The van der Waals surface area contributed by atoms with E-state index >= 15 is 0 Å². The van der Waals surface area contributed by atoms with E-state index < -0.39 is 0 Å². The van der Waals surface area contributed by atoms with Gasteiger partial charge in [0.25, 0.3) is 0 Å². The summed E-state index contributed by atoms with van der Waals surface area (Å²) >= 11 is 0. The molecule has 4 nitrogen and oxygen atoms in total. The van der Waals surface area contributed by atoms with Gasteiger partial charge in [0.05, 0.1) is 0 Å². The molecule has 0 aliphatic carbocycles. The maximum Gasteiger partial charge on any atom is 0.331 e. The molecular weight excluding hydrogens is 196 g/mol. The van der Waals surface area contributed by atoms with Gasteiger partial charge < -0.3 is 14.2 Å². The largest absolute Gasteiger partial charge is 0.458 e. The van der Waals surface area contributed by atoms with E-state index in [-0.39, 0.29) is 19.4 Å². The fourth-order valence-electron chi connectivity index (χ4n) is 1.69. The number of hydrogen-bond acceptors (Lipinski definition) is 4. The van der Waals surface area contributed by atoms with Crippen LogP contribution in [0.4, 0.5) is 0 Å². The molecule has 1 aromatic carbocycles. The first kappa shape index (κ1) is 8.35. The summed E-state index contributed by atoms with van der Waals surface area (Å²) in [5.74, 6) is 1.08. The van der Waals surface area contributed by atoms with E-state index in [1.165, 1.54) is 6.08 Å². The zero-order valence-corrected chi connectivity index (χ0v) is 7.86. The number of carbonyl (C=O) groups is 1. The van der Waals surface area contributed by atoms with Crippen LogP contribution < -0.4 is 9.47 Å². The van der Waals surface area contributed by atoms with Crippen molar-refractivity contribution in [2.45, 2.75) is 6.61 Å². The van der Waals surface area contributed by atoms with Crippen LogP contribution in [0.3, 0.4) is 0 Å². The summed E-state index contributed by atoms with van der Waals surface area (Å²) < 4.78 is 15.6. The van der Waals surface area contributed by atoms with Gasteiger partial charge in [0.1, 0.15) is 6.61 Å². The average Bonchev–Trinajstić information content (AvgIpc) is 2.64. The van der Waals surface area contributed by atoms with Crippen molar-refractivity contribution in [3.63, 3.8) is 0 Å². The molecule has 2 aliphatic heterocycles. The summed E-state index contributed by atoms with van der Waals surface area (Å²) in [6.07, 6.45) is 3.10. The molecule has 0 fully saturated rings. The van der Waals surface area contributed by atoms with E-state index in [1.807, 2.05) is 12.1 Å². The van der Waals surface area contributed by atoms with Gasteiger partial charge in [0, 0.05) is 17.2 Å². The summed E-state index contributed by atoms with van der Waals surface area (Å²) in [4.78, 5) is 11.1. The van der Waals surface area contributed by atoms with Crippen molar-refractivity contribution < 1.29 is 19.0 Å². The fraction of sp³-hybridized carbons (Fsp3) is 0.182. The average molecular weight is 204 g/mol. The molecule has 2 aliphatic rings. The van der Waals surface area contributed by atoms with Gasteiger partial charge in [-0.1, -0.05) is 6.07 Å². The third-order valence-electron chi connectivity index (χ3n) is 2.42. The van der Waals surface area contributed by atoms with Crippen LogP contribution in [0, 0.1) is 0 Å². The standard InChI is InChI=1S/C11H8O4/c12-10-4-2-8-7(5-13-10)1-3-9-11(8)15-6-14-9/h1-4H,5-6H2. The quantitative estimate of drug-likeness (QED) is 0.600. The van der Waals surface area contributed by atoms with Crippen molar-refractivity contribution in [3.8, 4) is 11.5 Å². The Morgan fingerprint density at radius 2 is 2.00 bits per heavy atom. The second-order valence-corrected chi connectivity index (χ2v) is 3.31. The van der Waals surface area contributed by atoms with Gasteiger partial charge in [-0.15, -0.1) is 0 Å². The molecule has 0 atom stereocenters. The summed E-state index contributed by atoms with van der Waals surface area (Å²) in [7, 11) is 0. The number of carbonyl (C=O) groups excluding carboxylic acids is 1. The Hall–Kier alpha value is -1.97. The fourth-order valence-corrected chi connectivity index (χ4v) is 1.69. The molecule has 0 radical (unpaired) electrons. The van der Waals surface area contributed by atoms with Crippen LogP contribution >= 0.6 is 0 Å². The lowest BCUT2D eigenvalue weighted by Crippen LogP contribution is -1.98. The molecule has 2 heterocycles. The summed E-state index contributed by atoms with van der Waals surface area (Å²) in [5.41, 5.74) is 1.80. The molecule has 0 N–H and O–H groups in total. The lowest BCUT2D eigenvalue weighted by Gasteiger charge is -2.06. The minimum absolute atomic E-state index is 0.231. The number of cyclic esters (lactones) is 1. The van der Waals surface area contributed by atoms with E-state index in [0.29, 0.717) is 11.5 Å². The van der Waals surface area contributed by atoms with Crippen molar-refractivity contribution in [1.82, 2.24) is 0 Å². The van der Waals surface area contributed by atoms with Gasteiger partial charge in [-0.05, 0) is 12.1 Å². The van der Waals surface area contributed by atoms with Crippen LogP contribution in [-0.2, 0) is 16.1 Å². The SMILES string of the molecule is O=C1C=Cc2c(ccc3c2OCO3)CO1. The molecule has 0 saturated carbocycles. The third kappa shape index (κ3) is 1.26.